The molecule has 2 aromatic rings. The third-order valence-corrected chi connectivity index (χ3v) is 3.40. The molecule has 0 atom stereocenters. The molecular formula is C19H22N2O3. The van der Waals surface area contributed by atoms with Crippen LogP contribution in [-0.4, -0.2) is 18.4 Å². The van der Waals surface area contributed by atoms with Gasteiger partial charge in [-0.15, -0.1) is 0 Å². The first-order valence-electron chi connectivity index (χ1n) is 7.92. The van der Waals surface area contributed by atoms with Crippen LogP contribution in [0.2, 0.25) is 0 Å². The van der Waals surface area contributed by atoms with Gasteiger partial charge in [0.15, 0.2) is 0 Å². The zero-order valence-electron chi connectivity index (χ0n) is 14.2. The monoisotopic (exact) mass is 326 g/mol. The predicted octanol–water partition coefficient (Wildman–Crippen LogP) is 3.99. The van der Waals surface area contributed by atoms with Crippen molar-refractivity contribution in [3.05, 3.63) is 53.6 Å². The van der Waals surface area contributed by atoms with Crippen LogP contribution in [0.3, 0.4) is 0 Å². The van der Waals surface area contributed by atoms with E-state index in [9.17, 15) is 9.59 Å². The first kappa shape index (κ1) is 17.5. The lowest BCUT2D eigenvalue weighted by molar-refractivity contribution is -0.114. The topological polar surface area (TPSA) is 67.4 Å². The van der Waals surface area contributed by atoms with Crippen LogP contribution in [0.25, 0.3) is 0 Å². The van der Waals surface area contributed by atoms with Gasteiger partial charge in [0, 0.05) is 23.9 Å². The lowest BCUT2D eigenvalue weighted by atomic mass is 10.1. The summed E-state index contributed by atoms with van der Waals surface area (Å²) in [6.45, 7) is 6.04. The summed E-state index contributed by atoms with van der Waals surface area (Å²) in [5.74, 6) is 0.385. The molecule has 0 aromatic heterocycles. The van der Waals surface area contributed by atoms with E-state index in [1.165, 1.54) is 6.92 Å². The van der Waals surface area contributed by atoms with Crippen LogP contribution in [0.1, 0.15) is 36.2 Å². The van der Waals surface area contributed by atoms with E-state index in [2.05, 4.69) is 10.6 Å². The van der Waals surface area contributed by atoms with Gasteiger partial charge in [-0.2, -0.15) is 0 Å². The number of aryl methyl sites for hydroxylation is 1. The molecule has 0 radical (unpaired) electrons. The fourth-order valence-corrected chi connectivity index (χ4v) is 2.15. The van der Waals surface area contributed by atoms with E-state index in [1.54, 1.807) is 36.4 Å². The minimum absolute atomic E-state index is 0.149. The van der Waals surface area contributed by atoms with Crippen LogP contribution in [-0.2, 0) is 4.79 Å². The van der Waals surface area contributed by atoms with Gasteiger partial charge in [0.1, 0.15) is 5.75 Å². The van der Waals surface area contributed by atoms with Gasteiger partial charge in [0.2, 0.25) is 5.91 Å². The van der Waals surface area contributed by atoms with Crippen molar-refractivity contribution < 1.29 is 14.3 Å². The van der Waals surface area contributed by atoms with Crippen LogP contribution < -0.4 is 15.4 Å². The van der Waals surface area contributed by atoms with Crippen molar-refractivity contribution in [3.63, 3.8) is 0 Å². The fourth-order valence-electron chi connectivity index (χ4n) is 2.15. The molecule has 126 valence electrons. The van der Waals surface area contributed by atoms with Crippen molar-refractivity contribution in [3.8, 4) is 5.75 Å². The maximum atomic E-state index is 12.3. The summed E-state index contributed by atoms with van der Waals surface area (Å²) >= 11 is 0. The van der Waals surface area contributed by atoms with Crippen LogP contribution in [0.4, 0.5) is 11.4 Å². The van der Waals surface area contributed by atoms with Crippen LogP contribution in [0.15, 0.2) is 42.5 Å². The molecule has 0 saturated carbocycles. The molecule has 0 spiro atoms. The predicted molar refractivity (Wildman–Crippen MR) is 95.7 cm³/mol. The molecule has 0 fully saturated rings. The molecule has 5 nitrogen and oxygen atoms in total. The van der Waals surface area contributed by atoms with Gasteiger partial charge in [-0.25, -0.2) is 0 Å². The summed E-state index contributed by atoms with van der Waals surface area (Å²) in [6.07, 6.45) is 0.937. The average molecular weight is 326 g/mol. The molecule has 2 N–H and O–H groups in total. The lowest BCUT2D eigenvalue weighted by Gasteiger charge is -2.11. The largest absolute Gasteiger partial charge is 0.494 e. The van der Waals surface area contributed by atoms with Gasteiger partial charge in [0.05, 0.1) is 6.61 Å². The van der Waals surface area contributed by atoms with E-state index in [0.717, 1.165) is 17.7 Å². The van der Waals surface area contributed by atoms with E-state index >= 15 is 0 Å². The Morgan fingerprint density at radius 2 is 1.75 bits per heavy atom. The van der Waals surface area contributed by atoms with Crippen molar-refractivity contribution in [2.75, 3.05) is 17.2 Å². The Balaban J connectivity index is 2.07. The van der Waals surface area contributed by atoms with Gasteiger partial charge in [0.25, 0.3) is 5.91 Å². The number of nitrogens with one attached hydrogen (secondary N) is 2. The van der Waals surface area contributed by atoms with Gasteiger partial charge in [-0.1, -0.05) is 13.0 Å². The summed E-state index contributed by atoms with van der Waals surface area (Å²) < 4.78 is 5.50. The number of carbonyl (C=O) groups excluding carboxylic acids is 2. The van der Waals surface area contributed by atoms with E-state index < -0.39 is 0 Å². The second-order valence-corrected chi connectivity index (χ2v) is 5.54. The Morgan fingerprint density at radius 3 is 2.38 bits per heavy atom. The molecule has 0 aliphatic carbocycles. The van der Waals surface area contributed by atoms with Crippen molar-refractivity contribution in [2.45, 2.75) is 27.2 Å². The smallest absolute Gasteiger partial charge is 0.255 e. The van der Waals surface area contributed by atoms with Gasteiger partial charge >= 0.3 is 0 Å². The zero-order valence-corrected chi connectivity index (χ0v) is 14.2. The highest BCUT2D eigenvalue weighted by atomic mass is 16.5. The summed E-state index contributed by atoms with van der Waals surface area (Å²) in [5, 5.41) is 5.58. The highest BCUT2D eigenvalue weighted by Crippen LogP contribution is 2.21. The number of hydrogen-bond acceptors (Lipinski definition) is 3. The normalized spacial score (nSPS) is 10.1. The average Bonchev–Trinajstić information content (AvgIpc) is 2.56. The summed E-state index contributed by atoms with van der Waals surface area (Å²) in [6, 6.07) is 12.4. The van der Waals surface area contributed by atoms with Crippen molar-refractivity contribution >= 4 is 23.2 Å². The Bertz CT molecular complexity index is 724. The number of benzene rings is 2. The number of rotatable bonds is 6. The number of anilines is 2. The molecular weight excluding hydrogens is 304 g/mol. The molecule has 0 aliphatic rings. The Morgan fingerprint density at radius 1 is 1.04 bits per heavy atom. The van der Waals surface area contributed by atoms with Crippen molar-refractivity contribution in [1.29, 1.82) is 0 Å². The van der Waals surface area contributed by atoms with Crippen LogP contribution in [0.5, 0.6) is 5.75 Å². The van der Waals surface area contributed by atoms with Gasteiger partial charge in [-0.3, -0.25) is 9.59 Å². The van der Waals surface area contributed by atoms with Crippen LogP contribution in [0, 0.1) is 6.92 Å². The number of ether oxygens (including phenoxy) is 1. The Labute approximate surface area is 142 Å². The van der Waals surface area contributed by atoms with E-state index in [4.69, 9.17) is 4.74 Å². The van der Waals surface area contributed by atoms with Crippen molar-refractivity contribution in [1.82, 2.24) is 0 Å². The molecule has 0 heterocycles. The minimum Gasteiger partial charge on any atom is -0.494 e. The standard InChI is InChI=1S/C19H22N2O3/c1-4-11-24-17-9-6-15(7-10-17)19(23)21-16-8-5-13(2)18(12-16)20-14(3)22/h5-10,12H,4,11H2,1-3H3,(H,20,22)(H,21,23). The second-order valence-electron chi connectivity index (χ2n) is 5.54. The molecule has 2 rings (SSSR count). The van der Waals surface area contributed by atoms with Crippen LogP contribution >= 0.6 is 0 Å². The van der Waals surface area contributed by atoms with Crippen molar-refractivity contribution in [2.24, 2.45) is 0 Å². The first-order chi connectivity index (χ1) is 11.5. The Kier molecular flexibility index (Phi) is 5.95. The minimum atomic E-state index is -0.213. The lowest BCUT2D eigenvalue weighted by Crippen LogP contribution is -2.13. The summed E-state index contributed by atoms with van der Waals surface area (Å²) in [5.41, 5.74) is 2.78. The third kappa shape index (κ3) is 4.84. The molecule has 0 unspecified atom stereocenters. The maximum absolute atomic E-state index is 12.3. The Hall–Kier alpha value is -2.82. The summed E-state index contributed by atoms with van der Waals surface area (Å²) in [7, 11) is 0. The summed E-state index contributed by atoms with van der Waals surface area (Å²) in [4.78, 5) is 23.5. The zero-order chi connectivity index (χ0) is 17.5. The quantitative estimate of drug-likeness (QED) is 0.843. The van der Waals surface area contributed by atoms with Gasteiger partial charge in [-0.05, 0) is 55.3 Å². The number of carbonyl (C=O) groups is 2. The van der Waals surface area contributed by atoms with E-state index in [1.807, 2.05) is 19.9 Å². The molecule has 5 heteroatoms. The molecule has 0 aliphatic heterocycles. The second kappa shape index (κ2) is 8.15. The van der Waals surface area contributed by atoms with E-state index in [-0.39, 0.29) is 11.8 Å². The molecule has 0 bridgehead atoms. The third-order valence-electron chi connectivity index (χ3n) is 3.40. The SMILES string of the molecule is CCCOc1ccc(C(=O)Nc2ccc(C)c(NC(C)=O)c2)cc1. The molecule has 0 saturated heterocycles. The number of hydrogen-bond donors (Lipinski definition) is 2. The highest BCUT2D eigenvalue weighted by Gasteiger charge is 2.08. The number of amides is 2. The fraction of sp³-hybridized carbons (Fsp3) is 0.263. The van der Waals surface area contributed by atoms with Gasteiger partial charge < -0.3 is 15.4 Å². The first-order valence-corrected chi connectivity index (χ1v) is 7.92. The maximum Gasteiger partial charge on any atom is 0.255 e. The molecule has 24 heavy (non-hydrogen) atoms. The molecule has 2 aromatic carbocycles. The highest BCUT2D eigenvalue weighted by molar-refractivity contribution is 6.04. The van der Waals surface area contributed by atoms with E-state index in [0.29, 0.717) is 23.5 Å². The molecule has 2 amide bonds.